The second kappa shape index (κ2) is 11.8. The molecule has 4 rings (SSSR count). The van der Waals surface area contributed by atoms with Gasteiger partial charge in [-0.1, -0.05) is 27.4 Å². The zero-order chi connectivity index (χ0) is 29.4. The van der Waals surface area contributed by atoms with Crippen molar-refractivity contribution in [2.75, 3.05) is 7.11 Å². The lowest BCUT2D eigenvalue weighted by molar-refractivity contribution is -0.224. The molecule has 8 nitrogen and oxygen atoms in total. The van der Waals surface area contributed by atoms with Crippen LogP contribution in [-0.2, 0) is 38.1 Å². The molecule has 0 aromatic heterocycles. The molecule has 0 bridgehead atoms. The number of carbonyl (C=O) groups is 4. The van der Waals surface area contributed by atoms with Crippen molar-refractivity contribution in [3.63, 3.8) is 0 Å². The molecule has 4 saturated carbocycles. The molecule has 224 valence electrons. The average Bonchev–Trinajstić information content (AvgIpc) is 3.25. The van der Waals surface area contributed by atoms with Crippen LogP contribution >= 0.6 is 0 Å². The Bertz CT molecular complexity index is 1010. The van der Waals surface area contributed by atoms with Crippen molar-refractivity contribution in [2.45, 2.75) is 111 Å². The van der Waals surface area contributed by atoms with Crippen molar-refractivity contribution in [1.82, 2.24) is 0 Å². The van der Waals surface area contributed by atoms with Gasteiger partial charge in [0.25, 0.3) is 0 Å². The van der Waals surface area contributed by atoms with Gasteiger partial charge in [-0.15, -0.1) is 0 Å². The molecule has 0 heterocycles. The first-order valence-electron chi connectivity index (χ1n) is 15.1. The average molecular weight is 561 g/mol. The van der Waals surface area contributed by atoms with Gasteiger partial charge >= 0.3 is 23.9 Å². The Labute approximate surface area is 238 Å². The van der Waals surface area contributed by atoms with E-state index in [0.29, 0.717) is 6.42 Å². The summed E-state index contributed by atoms with van der Waals surface area (Å²) >= 11 is 0. The van der Waals surface area contributed by atoms with Gasteiger partial charge in [0.15, 0.2) is 0 Å². The summed E-state index contributed by atoms with van der Waals surface area (Å²) in [6.45, 7) is 13.3. The lowest BCUT2D eigenvalue weighted by Gasteiger charge is -2.64. The van der Waals surface area contributed by atoms with Gasteiger partial charge in [0.1, 0.15) is 18.3 Å². The molecule has 0 aromatic rings. The molecule has 8 heteroatoms. The normalized spacial score (nSPS) is 40.9. The van der Waals surface area contributed by atoms with Crippen LogP contribution in [0.15, 0.2) is 12.7 Å². The van der Waals surface area contributed by atoms with Crippen LogP contribution in [0.4, 0.5) is 0 Å². The Morgan fingerprint density at radius 2 is 1.65 bits per heavy atom. The van der Waals surface area contributed by atoms with Crippen molar-refractivity contribution < 1.29 is 38.1 Å². The monoisotopic (exact) mass is 560 g/mol. The third-order valence-electron chi connectivity index (χ3n) is 11.5. The summed E-state index contributed by atoms with van der Waals surface area (Å²) in [5.74, 6) is 0.163. The Morgan fingerprint density at radius 3 is 2.27 bits per heavy atom. The molecular weight excluding hydrogens is 512 g/mol. The summed E-state index contributed by atoms with van der Waals surface area (Å²) < 4.78 is 22.9. The van der Waals surface area contributed by atoms with Crippen LogP contribution in [0.3, 0.4) is 0 Å². The molecule has 4 aliphatic rings. The molecule has 11 atom stereocenters. The second-order valence-electron chi connectivity index (χ2n) is 13.4. The van der Waals surface area contributed by atoms with E-state index in [1.165, 1.54) is 27.0 Å². The number of methoxy groups -OCH3 is 1. The van der Waals surface area contributed by atoms with Gasteiger partial charge in [-0.25, -0.2) is 4.79 Å². The van der Waals surface area contributed by atoms with Crippen LogP contribution < -0.4 is 0 Å². The van der Waals surface area contributed by atoms with Crippen molar-refractivity contribution >= 4 is 23.9 Å². The minimum atomic E-state index is -0.402. The summed E-state index contributed by atoms with van der Waals surface area (Å²) in [5, 5.41) is 0. The molecule has 4 fully saturated rings. The van der Waals surface area contributed by atoms with Gasteiger partial charge in [-0.05, 0) is 86.4 Å². The molecule has 0 saturated heterocycles. The van der Waals surface area contributed by atoms with Crippen LogP contribution in [0.1, 0.15) is 92.4 Å². The van der Waals surface area contributed by atoms with Crippen LogP contribution in [0.2, 0.25) is 0 Å². The third-order valence-corrected chi connectivity index (χ3v) is 11.5. The first-order chi connectivity index (χ1) is 18.8. The Kier molecular flexibility index (Phi) is 9.06. The molecule has 0 radical (unpaired) electrons. The Hall–Kier alpha value is -2.38. The molecule has 0 aliphatic heterocycles. The number of ether oxygens (including phenoxy) is 4. The number of carbonyl (C=O) groups excluding carboxylic acids is 4. The van der Waals surface area contributed by atoms with Crippen molar-refractivity contribution in [3.8, 4) is 0 Å². The van der Waals surface area contributed by atoms with E-state index < -0.39 is 5.97 Å². The second-order valence-corrected chi connectivity index (χ2v) is 13.4. The smallest absolute Gasteiger partial charge is 0.330 e. The topological polar surface area (TPSA) is 105 Å². The summed E-state index contributed by atoms with van der Waals surface area (Å²) in [5.41, 5.74) is -0.340. The van der Waals surface area contributed by atoms with Gasteiger partial charge in [-0.3, -0.25) is 14.4 Å². The molecule has 40 heavy (non-hydrogen) atoms. The molecule has 0 spiro atoms. The van der Waals surface area contributed by atoms with Crippen LogP contribution in [0, 0.1) is 46.3 Å². The largest absolute Gasteiger partial charge is 0.469 e. The van der Waals surface area contributed by atoms with Crippen LogP contribution in [-0.4, -0.2) is 49.3 Å². The maximum Gasteiger partial charge on any atom is 0.330 e. The zero-order valence-corrected chi connectivity index (χ0v) is 25.1. The number of esters is 4. The minimum absolute atomic E-state index is 0.0489. The quantitative estimate of drug-likeness (QED) is 0.220. The van der Waals surface area contributed by atoms with Crippen molar-refractivity contribution in [3.05, 3.63) is 12.7 Å². The molecular formula is C32H48O8. The number of rotatable bonds is 8. The molecule has 0 N–H and O–H groups in total. The van der Waals surface area contributed by atoms with E-state index >= 15 is 0 Å². The third kappa shape index (κ3) is 5.56. The highest BCUT2D eigenvalue weighted by Crippen LogP contribution is 2.69. The maximum absolute atomic E-state index is 12.5. The maximum atomic E-state index is 12.5. The summed E-state index contributed by atoms with van der Waals surface area (Å²) in [7, 11) is 1.42. The van der Waals surface area contributed by atoms with E-state index in [1.807, 2.05) is 0 Å². The van der Waals surface area contributed by atoms with E-state index in [9.17, 15) is 19.2 Å². The number of fused-ring (bicyclic) bond motifs is 5. The predicted molar refractivity (Wildman–Crippen MR) is 148 cm³/mol. The fraction of sp³-hybridized carbons (Fsp3) is 0.812. The highest BCUT2D eigenvalue weighted by atomic mass is 16.6. The predicted octanol–water partition coefficient (Wildman–Crippen LogP) is 5.42. The zero-order valence-electron chi connectivity index (χ0n) is 25.1. The van der Waals surface area contributed by atoms with E-state index in [4.69, 9.17) is 18.9 Å². The van der Waals surface area contributed by atoms with Gasteiger partial charge < -0.3 is 18.9 Å². The lowest BCUT2D eigenvalue weighted by atomic mass is 9.43. The van der Waals surface area contributed by atoms with E-state index in [0.717, 1.165) is 51.4 Å². The van der Waals surface area contributed by atoms with E-state index in [2.05, 4.69) is 27.4 Å². The number of hydrogen-bond donors (Lipinski definition) is 0. The van der Waals surface area contributed by atoms with E-state index in [1.54, 1.807) is 0 Å². The first kappa shape index (κ1) is 30.6. The van der Waals surface area contributed by atoms with Gasteiger partial charge in [0.2, 0.25) is 0 Å². The summed E-state index contributed by atoms with van der Waals surface area (Å²) in [4.78, 5) is 48.8. The minimum Gasteiger partial charge on any atom is -0.469 e. The number of hydrogen-bond acceptors (Lipinski definition) is 8. The van der Waals surface area contributed by atoms with Crippen LogP contribution in [0.5, 0.6) is 0 Å². The molecule has 4 aliphatic carbocycles. The standard InChI is InChI=1S/C32H48O8/c1-8-28(35)40-22-13-14-31(5)21(15-22)16-26(38-19(3)33)30-24-11-10-23(18(2)9-12-29(36)37-7)32(24,6)27(17-25(30)31)39-20(4)34/h8,18,21-27,30H,1,9-17H2,2-7H3/t18-,21-,22-,23-,24+,25+,26-,27+,30+,31+,32-/m1/s1. The summed E-state index contributed by atoms with van der Waals surface area (Å²) in [6, 6.07) is 0. The fourth-order valence-electron chi connectivity index (χ4n) is 9.74. The lowest BCUT2D eigenvalue weighted by Crippen LogP contribution is -2.63. The first-order valence-corrected chi connectivity index (χ1v) is 15.1. The highest BCUT2D eigenvalue weighted by Gasteiger charge is 2.67. The van der Waals surface area contributed by atoms with Gasteiger partial charge in [0.05, 0.1) is 7.11 Å². The van der Waals surface area contributed by atoms with Crippen molar-refractivity contribution in [1.29, 1.82) is 0 Å². The molecule has 0 aromatic carbocycles. The Balaban J connectivity index is 1.69. The SMILES string of the molecule is C=CC(=O)O[C@@H]1CC[C@@]2(C)[C@H](C1)C[C@@H](OC(C)=O)[C@@H]1[C@@H]2C[C@H](OC(C)=O)[C@]2(C)[C@@H]([C@H](C)CCC(=O)OC)CC[C@@H]12. The van der Waals surface area contributed by atoms with Crippen molar-refractivity contribution in [2.24, 2.45) is 46.3 Å². The molecule has 0 amide bonds. The van der Waals surface area contributed by atoms with Gasteiger partial charge in [0, 0.05) is 37.7 Å². The summed E-state index contributed by atoms with van der Waals surface area (Å²) in [6.07, 6.45) is 7.45. The fourth-order valence-corrected chi connectivity index (χ4v) is 9.74. The highest BCUT2D eigenvalue weighted by molar-refractivity contribution is 5.81. The molecule has 0 unspecified atom stereocenters. The van der Waals surface area contributed by atoms with Crippen LogP contribution in [0.25, 0.3) is 0 Å². The Morgan fingerprint density at radius 1 is 0.950 bits per heavy atom. The van der Waals surface area contributed by atoms with E-state index in [-0.39, 0.29) is 82.6 Å². The van der Waals surface area contributed by atoms with Gasteiger partial charge in [-0.2, -0.15) is 0 Å².